The van der Waals surface area contributed by atoms with Gasteiger partial charge < -0.3 is 10.4 Å². The van der Waals surface area contributed by atoms with Crippen molar-refractivity contribution in [2.45, 2.75) is 33.7 Å². The van der Waals surface area contributed by atoms with Gasteiger partial charge in [-0.2, -0.15) is 0 Å². The molecule has 100 valence electrons. The fourth-order valence-electron chi connectivity index (χ4n) is 1.33. The van der Waals surface area contributed by atoms with Crippen LogP contribution in [-0.4, -0.2) is 48.1 Å². The first-order valence-electron chi connectivity index (χ1n) is 5.95. The molecule has 5 heteroatoms. The molecule has 0 aromatic heterocycles. The van der Waals surface area contributed by atoms with Gasteiger partial charge in [0, 0.05) is 12.6 Å². The molecule has 2 N–H and O–H groups in total. The van der Waals surface area contributed by atoms with E-state index in [9.17, 15) is 9.59 Å². The summed E-state index contributed by atoms with van der Waals surface area (Å²) < 4.78 is 0. The van der Waals surface area contributed by atoms with Gasteiger partial charge >= 0.3 is 5.97 Å². The number of hydrogen-bond donors (Lipinski definition) is 2. The van der Waals surface area contributed by atoms with E-state index in [0.29, 0.717) is 12.5 Å². The minimum Gasteiger partial charge on any atom is -0.481 e. The van der Waals surface area contributed by atoms with E-state index in [1.807, 2.05) is 20.8 Å². The molecule has 0 spiro atoms. The molecule has 0 radical (unpaired) electrons. The van der Waals surface area contributed by atoms with Crippen LogP contribution < -0.4 is 5.32 Å². The Hall–Kier alpha value is -1.10. The highest BCUT2D eigenvalue weighted by atomic mass is 16.4. The molecule has 0 bridgehead atoms. The maximum Gasteiger partial charge on any atom is 0.307 e. The predicted molar refractivity (Wildman–Crippen MR) is 66.7 cm³/mol. The second kappa shape index (κ2) is 7.27. The number of carboxylic acids is 1. The smallest absolute Gasteiger partial charge is 0.307 e. The Labute approximate surface area is 103 Å². The predicted octanol–water partition coefficient (Wildman–Crippen LogP) is 0.800. The van der Waals surface area contributed by atoms with Crippen LogP contribution >= 0.6 is 0 Å². The largest absolute Gasteiger partial charge is 0.481 e. The topological polar surface area (TPSA) is 69.6 Å². The van der Waals surface area contributed by atoms with Crippen LogP contribution in [0.25, 0.3) is 0 Å². The van der Waals surface area contributed by atoms with Gasteiger partial charge in [-0.05, 0) is 19.9 Å². The first kappa shape index (κ1) is 15.9. The van der Waals surface area contributed by atoms with Crippen molar-refractivity contribution in [2.75, 3.05) is 20.1 Å². The number of carbonyl (C=O) groups is 2. The van der Waals surface area contributed by atoms with Crippen LogP contribution in [0.1, 0.15) is 27.7 Å². The minimum atomic E-state index is -0.841. The summed E-state index contributed by atoms with van der Waals surface area (Å²) in [4.78, 5) is 24.1. The average molecular weight is 244 g/mol. The van der Waals surface area contributed by atoms with Crippen LogP contribution in [0.15, 0.2) is 0 Å². The molecule has 0 heterocycles. The summed E-state index contributed by atoms with van der Waals surface area (Å²) in [5, 5.41) is 11.7. The summed E-state index contributed by atoms with van der Waals surface area (Å²) in [5.41, 5.74) is 0. The summed E-state index contributed by atoms with van der Waals surface area (Å²) in [7, 11) is 1.76. The normalized spacial score (nSPS) is 14.8. The van der Waals surface area contributed by atoms with E-state index in [0.717, 1.165) is 0 Å². The number of carbonyl (C=O) groups excluding carboxylic acids is 1. The molecule has 0 aliphatic carbocycles. The van der Waals surface area contributed by atoms with Crippen LogP contribution in [-0.2, 0) is 9.59 Å². The third-order valence-corrected chi connectivity index (χ3v) is 2.91. The Bertz CT molecular complexity index is 266. The van der Waals surface area contributed by atoms with Gasteiger partial charge in [0.15, 0.2) is 0 Å². The van der Waals surface area contributed by atoms with Crippen LogP contribution in [0.4, 0.5) is 0 Å². The zero-order chi connectivity index (χ0) is 13.6. The zero-order valence-corrected chi connectivity index (χ0v) is 11.4. The molecule has 0 saturated heterocycles. The van der Waals surface area contributed by atoms with Gasteiger partial charge in [0.25, 0.3) is 0 Å². The summed E-state index contributed by atoms with van der Waals surface area (Å²) in [6, 6.07) is -0.169. The fourth-order valence-corrected chi connectivity index (χ4v) is 1.33. The van der Waals surface area contributed by atoms with Crippen molar-refractivity contribution in [3.05, 3.63) is 0 Å². The molecule has 1 amide bonds. The highest BCUT2D eigenvalue weighted by molar-refractivity contribution is 5.78. The third-order valence-electron chi connectivity index (χ3n) is 2.91. The molecule has 17 heavy (non-hydrogen) atoms. The number of likely N-dealkylation sites (N-methyl/N-ethyl adjacent to an activating group) is 1. The van der Waals surface area contributed by atoms with Gasteiger partial charge in [-0.25, -0.2) is 0 Å². The lowest BCUT2D eigenvalue weighted by Crippen LogP contribution is -2.44. The number of rotatable bonds is 7. The fraction of sp³-hybridized carbons (Fsp3) is 0.833. The number of nitrogens with zero attached hydrogens (tertiary/aromatic N) is 1. The Kier molecular flexibility index (Phi) is 6.80. The molecule has 2 unspecified atom stereocenters. The van der Waals surface area contributed by atoms with Crippen molar-refractivity contribution < 1.29 is 14.7 Å². The Morgan fingerprint density at radius 2 is 1.76 bits per heavy atom. The molecular weight excluding hydrogens is 220 g/mol. The van der Waals surface area contributed by atoms with Crippen LogP contribution in [0, 0.1) is 11.8 Å². The highest BCUT2D eigenvalue weighted by Crippen LogP contribution is 2.08. The summed E-state index contributed by atoms with van der Waals surface area (Å²) in [5.74, 6) is -0.977. The van der Waals surface area contributed by atoms with Crippen molar-refractivity contribution in [2.24, 2.45) is 11.8 Å². The number of carboxylic acid groups (broad SMARTS) is 1. The summed E-state index contributed by atoms with van der Waals surface area (Å²) in [6.45, 7) is 8.39. The Morgan fingerprint density at radius 3 is 2.18 bits per heavy atom. The maximum absolute atomic E-state index is 11.6. The Balaban J connectivity index is 4.11. The molecule has 2 atom stereocenters. The van der Waals surface area contributed by atoms with Gasteiger partial charge in [-0.3, -0.25) is 14.5 Å². The molecule has 0 rings (SSSR count). The van der Waals surface area contributed by atoms with Gasteiger partial charge in [0.1, 0.15) is 0 Å². The van der Waals surface area contributed by atoms with Crippen molar-refractivity contribution >= 4 is 11.9 Å². The lowest BCUT2D eigenvalue weighted by atomic mass is 10.0. The number of aliphatic carboxylic acids is 1. The van der Waals surface area contributed by atoms with Crippen LogP contribution in [0.5, 0.6) is 0 Å². The van der Waals surface area contributed by atoms with Gasteiger partial charge in [0.05, 0.1) is 12.5 Å². The lowest BCUT2D eigenvalue weighted by Gasteiger charge is -2.27. The van der Waals surface area contributed by atoms with E-state index in [2.05, 4.69) is 5.32 Å². The van der Waals surface area contributed by atoms with Crippen LogP contribution in [0.2, 0.25) is 0 Å². The quantitative estimate of drug-likeness (QED) is 0.695. The minimum absolute atomic E-state index is 0.0642. The van der Waals surface area contributed by atoms with Crippen molar-refractivity contribution in [1.29, 1.82) is 0 Å². The SMILES string of the molecule is CC(C)CNC(=O)CN(C)C(C)C(C)C(=O)O. The number of nitrogens with one attached hydrogen (secondary N) is 1. The van der Waals surface area contributed by atoms with E-state index in [-0.39, 0.29) is 18.5 Å². The molecule has 0 fully saturated rings. The van der Waals surface area contributed by atoms with E-state index in [4.69, 9.17) is 5.11 Å². The zero-order valence-electron chi connectivity index (χ0n) is 11.4. The summed E-state index contributed by atoms with van der Waals surface area (Å²) in [6.07, 6.45) is 0. The third kappa shape index (κ3) is 6.26. The van der Waals surface area contributed by atoms with E-state index in [1.165, 1.54) is 0 Å². The standard InChI is InChI=1S/C12H24N2O3/c1-8(2)6-13-11(15)7-14(5)10(4)9(3)12(16)17/h8-10H,6-7H2,1-5H3,(H,13,15)(H,16,17). The van der Waals surface area contributed by atoms with Crippen molar-refractivity contribution in [1.82, 2.24) is 10.2 Å². The molecular formula is C12H24N2O3. The number of hydrogen-bond acceptors (Lipinski definition) is 3. The molecule has 0 aliphatic heterocycles. The van der Waals surface area contributed by atoms with Gasteiger partial charge in [0.2, 0.25) is 5.91 Å². The maximum atomic E-state index is 11.6. The van der Waals surface area contributed by atoms with Crippen molar-refractivity contribution in [3.63, 3.8) is 0 Å². The second-order valence-electron chi connectivity index (χ2n) is 4.98. The number of amides is 1. The van der Waals surface area contributed by atoms with Gasteiger partial charge in [-0.1, -0.05) is 20.8 Å². The van der Waals surface area contributed by atoms with E-state index >= 15 is 0 Å². The molecule has 0 aromatic rings. The molecule has 0 aromatic carbocycles. The van der Waals surface area contributed by atoms with Crippen molar-refractivity contribution in [3.8, 4) is 0 Å². The first-order valence-corrected chi connectivity index (χ1v) is 5.95. The highest BCUT2D eigenvalue weighted by Gasteiger charge is 2.24. The average Bonchev–Trinajstić information content (AvgIpc) is 2.23. The Morgan fingerprint density at radius 1 is 1.24 bits per heavy atom. The van der Waals surface area contributed by atoms with E-state index < -0.39 is 11.9 Å². The molecule has 0 saturated carbocycles. The van der Waals surface area contributed by atoms with Crippen LogP contribution in [0.3, 0.4) is 0 Å². The monoisotopic (exact) mass is 244 g/mol. The van der Waals surface area contributed by atoms with E-state index in [1.54, 1.807) is 18.9 Å². The lowest BCUT2D eigenvalue weighted by molar-refractivity contribution is -0.143. The second-order valence-corrected chi connectivity index (χ2v) is 4.98. The first-order chi connectivity index (χ1) is 7.75. The van der Waals surface area contributed by atoms with Gasteiger partial charge in [-0.15, -0.1) is 0 Å². The molecule has 0 aliphatic rings. The molecule has 5 nitrogen and oxygen atoms in total. The summed E-state index contributed by atoms with van der Waals surface area (Å²) >= 11 is 0.